The van der Waals surface area contributed by atoms with E-state index in [0.29, 0.717) is 11.1 Å². The van der Waals surface area contributed by atoms with Gasteiger partial charge in [-0.25, -0.2) is 0 Å². The minimum atomic E-state index is -0.241. The Morgan fingerprint density at radius 2 is 1.35 bits per heavy atom. The predicted molar refractivity (Wildman–Crippen MR) is 169 cm³/mol. The van der Waals surface area contributed by atoms with Crippen molar-refractivity contribution in [3.8, 4) is 0 Å². The smallest absolute Gasteiger partial charge is 0.197 e. The lowest BCUT2D eigenvalue weighted by Crippen LogP contribution is -2.30. The molecule has 0 fully saturated rings. The van der Waals surface area contributed by atoms with Gasteiger partial charge >= 0.3 is 0 Å². The van der Waals surface area contributed by atoms with E-state index in [4.69, 9.17) is 0 Å². The third-order valence-corrected chi connectivity index (χ3v) is 9.91. The molecule has 0 amide bonds. The molecule has 0 spiro atoms. The molecule has 2 aliphatic rings. The van der Waals surface area contributed by atoms with Gasteiger partial charge in [0.15, 0.2) is 11.6 Å². The molecule has 1 aliphatic carbocycles. The number of para-hydroxylation sites is 2. The fourth-order valence-corrected chi connectivity index (χ4v) is 6.89. The second-order valence-corrected chi connectivity index (χ2v) is 12.5. The summed E-state index contributed by atoms with van der Waals surface area (Å²) < 4.78 is 1.50. The Kier molecular flexibility index (Phi) is 5.74. The maximum absolute atomic E-state index is 13.2. The number of hydrogen-bond acceptors (Lipinski definition) is 3. The van der Waals surface area contributed by atoms with Crippen LogP contribution >= 0.6 is 31.9 Å². The zero-order valence-electron chi connectivity index (χ0n) is 21.8. The predicted octanol–water partition coefficient (Wildman–Crippen LogP) is 9.94. The fraction of sp³-hybridized carbons (Fsp3) is 0.0857. The summed E-state index contributed by atoms with van der Waals surface area (Å²) in [5.41, 5.74) is 7.62. The van der Waals surface area contributed by atoms with Crippen molar-refractivity contribution in [3.63, 3.8) is 0 Å². The van der Waals surface area contributed by atoms with Crippen molar-refractivity contribution in [1.29, 1.82) is 0 Å². The summed E-state index contributed by atoms with van der Waals surface area (Å²) >= 11 is 6.89. The van der Waals surface area contributed by atoms with Crippen molar-refractivity contribution in [2.24, 2.45) is 0 Å². The van der Waals surface area contributed by atoms with Gasteiger partial charge in [0.2, 0.25) is 0 Å². The number of allylic oxidation sites excluding steroid dienone is 1. The molecule has 1 heterocycles. The van der Waals surface area contributed by atoms with Crippen molar-refractivity contribution < 1.29 is 9.59 Å². The molecule has 0 radical (unpaired) electrons. The molecule has 0 unspecified atom stereocenters. The van der Waals surface area contributed by atoms with Crippen LogP contribution in [0.5, 0.6) is 0 Å². The number of Topliss-reactive ketones (excluding diaryl/α,β-unsaturated/α-hetero) is 2. The van der Waals surface area contributed by atoms with Gasteiger partial charge < -0.3 is 4.90 Å². The molecule has 0 N–H and O–H groups in total. The average Bonchev–Trinajstić information content (AvgIpc) is 3.17. The van der Waals surface area contributed by atoms with Crippen LogP contribution in [0.3, 0.4) is 0 Å². The van der Waals surface area contributed by atoms with E-state index in [1.54, 1.807) is 18.2 Å². The second-order valence-electron chi connectivity index (χ2n) is 10.8. The van der Waals surface area contributed by atoms with Crippen LogP contribution in [0.4, 0.5) is 17.1 Å². The zero-order chi connectivity index (χ0) is 27.8. The summed E-state index contributed by atoms with van der Waals surface area (Å²) in [5.74, 6) is -0.482. The average molecular weight is 649 g/mol. The summed E-state index contributed by atoms with van der Waals surface area (Å²) in [7, 11) is 0. The van der Waals surface area contributed by atoms with Gasteiger partial charge in [-0.3, -0.25) is 9.59 Å². The Morgan fingerprint density at radius 3 is 2.05 bits per heavy atom. The number of anilines is 3. The maximum Gasteiger partial charge on any atom is 0.197 e. The number of benzene rings is 5. The molecule has 0 bridgehead atoms. The molecule has 40 heavy (non-hydrogen) atoms. The van der Waals surface area contributed by atoms with Gasteiger partial charge in [0, 0.05) is 31.2 Å². The van der Waals surface area contributed by atoms with Crippen molar-refractivity contribution in [2.45, 2.75) is 19.3 Å². The first-order valence-corrected chi connectivity index (χ1v) is 14.7. The molecular weight excluding hydrogens is 626 g/mol. The minimum Gasteiger partial charge on any atom is -0.310 e. The summed E-state index contributed by atoms with van der Waals surface area (Å²) in [6, 6.07) is 33.0. The van der Waals surface area contributed by atoms with Gasteiger partial charge in [0.05, 0.1) is 16.9 Å². The van der Waals surface area contributed by atoms with Crippen molar-refractivity contribution >= 4 is 77.3 Å². The third kappa shape index (κ3) is 3.68. The molecule has 5 heteroatoms. The first-order chi connectivity index (χ1) is 19.3. The van der Waals surface area contributed by atoms with Crippen molar-refractivity contribution in [2.75, 3.05) is 4.90 Å². The number of hydrogen-bond donors (Lipinski definition) is 0. The molecule has 0 saturated heterocycles. The van der Waals surface area contributed by atoms with E-state index in [-0.39, 0.29) is 22.6 Å². The van der Waals surface area contributed by atoms with E-state index in [2.05, 4.69) is 123 Å². The Hall–Kier alpha value is -3.80. The molecule has 3 nitrogen and oxygen atoms in total. The van der Waals surface area contributed by atoms with Crippen LogP contribution in [-0.4, -0.2) is 11.6 Å². The number of ketones is 2. The Balaban J connectivity index is 1.38. The topological polar surface area (TPSA) is 37.4 Å². The number of carbonyl (C=O) groups is 2. The molecular formula is C35H23Br2NO2. The first-order valence-electron chi connectivity index (χ1n) is 13.1. The quantitative estimate of drug-likeness (QED) is 0.141. The lowest BCUT2D eigenvalue weighted by Gasteiger charge is -2.42. The maximum atomic E-state index is 13.2. The van der Waals surface area contributed by atoms with Gasteiger partial charge in [-0.1, -0.05) is 68.4 Å². The highest BCUT2D eigenvalue weighted by atomic mass is 79.9. The zero-order valence-corrected chi connectivity index (χ0v) is 25.0. The van der Waals surface area contributed by atoms with Crippen LogP contribution < -0.4 is 4.90 Å². The van der Waals surface area contributed by atoms with E-state index < -0.39 is 0 Å². The Labute approximate surface area is 249 Å². The lowest BCUT2D eigenvalue weighted by molar-refractivity contribution is 0.0990. The van der Waals surface area contributed by atoms with Crippen LogP contribution in [0.2, 0.25) is 0 Å². The molecule has 5 aromatic carbocycles. The normalized spacial score (nSPS) is 15.2. The van der Waals surface area contributed by atoms with E-state index in [1.807, 2.05) is 12.1 Å². The fourth-order valence-electron chi connectivity index (χ4n) is 6.20. The summed E-state index contributed by atoms with van der Waals surface area (Å²) in [6.45, 7) is 4.57. The van der Waals surface area contributed by atoms with Crippen LogP contribution in [0.1, 0.15) is 51.3 Å². The minimum absolute atomic E-state index is 0.196. The monoisotopic (exact) mass is 647 g/mol. The standard InChI is InChI=1S/C35H23Br2NO2/c1-35(2)27-10-6-7-11-30(27)38(22-8-4-3-5-9-22)31-15-13-21-16-20(12-14-23(21)32(31)35)17-26-33(39)24-18-28(36)29(37)19-25(24)34(26)40/h3-19H,1-2H3. The summed E-state index contributed by atoms with van der Waals surface area (Å²) in [5, 5.41) is 2.22. The highest BCUT2D eigenvalue weighted by molar-refractivity contribution is 9.13. The number of rotatable bonds is 2. The SMILES string of the molecule is CC1(C)c2ccccc2N(c2ccccc2)c2ccc3cc(C=C4C(=O)c5cc(Br)c(Br)cc5C4=O)ccc3c21. The van der Waals surface area contributed by atoms with Crippen LogP contribution in [0.15, 0.2) is 112 Å². The first kappa shape index (κ1) is 25.2. The highest BCUT2D eigenvalue weighted by Crippen LogP contribution is 2.53. The van der Waals surface area contributed by atoms with E-state index >= 15 is 0 Å². The van der Waals surface area contributed by atoms with Crippen LogP contribution in [0, 0.1) is 0 Å². The van der Waals surface area contributed by atoms with Crippen molar-refractivity contribution in [3.05, 3.63) is 139 Å². The molecule has 7 rings (SSSR count). The highest BCUT2D eigenvalue weighted by Gasteiger charge is 2.38. The lowest BCUT2D eigenvalue weighted by atomic mass is 9.71. The summed E-state index contributed by atoms with van der Waals surface area (Å²) in [6.07, 6.45) is 1.72. The van der Waals surface area contributed by atoms with Crippen LogP contribution in [0.25, 0.3) is 16.8 Å². The van der Waals surface area contributed by atoms with Crippen LogP contribution in [-0.2, 0) is 5.41 Å². The van der Waals surface area contributed by atoms with Gasteiger partial charge in [0.1, 0.15) is 0 Å². The van der Waals surface area contributed by atoms with Gasteiger partial charge in [-0.2, -0.15) is 0 Å². The molecule has 0 atom stereocenters. The number of halogens is 2. The molecule has 194 valence electrons. The van der Waals surface area contributed by atoms with Gasteiger partial charge in [-0.05, 0) is 108 Å². The van der Waals surface area contributed by atoms with Crippen molar-refractivity contribution in [1.82, 2.24) is 0 Å². The summed E-state index contributed by atoms with van der Waals surface area (Å²) in [4.78, 5) is 28.7. The molecule has 0 saturated carbocycles. The second kappa shape index (κ2) is 9.12. The Bertz CT molecular complexity index is 1900. The van der Waals surface area contributed by atoms with Gasteiger partial charge in [-0.15, -0.1) is 0 Å². The Morgan fingerprint density at radius 1 is 0.700 bits per heavy atom. The number of fused-ring (bicyclic) bond motifs is 5. The third-order valence-electron chi connectivity index (χ3n) is 8.07. The number of carbonyl (C=O) groups excluding carboxylic acids is 2. The van der Waals surface area contributed by atoms with E-state index in [9.17, 15) is 9.59 Å². The largest absolute Gasteiger partial charge is 0.310 e. The van der Waals surface area contributed by atoms with Gasteiger partial charge in [0.25, 0.3) is 0 Å². The van der Waals surface area contributed by atoms with E-state index in [1.165, 1.54) is 16.8 Å². The molecule has 0 aromatic heterocycles. The van der Waals surface area contributed by atoms with E-state index in [0.717, 1.165) is 36.7 Å². The molecule has 5 aromatic rings. The number of nitrogens with zero attached hydrogens (tertiary/aromatic N) is 1. The molecule has 1 aliphatic heterocycles.